The number of ether oxygens (including phenoxy) is 6. The average Bonchev–Trinajstić information content (AvgIpc) is 3.02. The number of aliphatic hydroxyl groups is 5. The standard InChI is InChI=1S/C29H50N2O14/c1-15-20(34)22(36)24(38)27(41-15)44-18-13-17(14-32)43-29(26(18)45-28-25(39)23(37)21(35)16(2)42-28)40-12-8-6-4-3-5-7-9-19(33)31-11-10-30/h14-18,21-29,35-39H,3-13,30H2,1-2H3,(H,31,33)/t15?,16?,17?,18?,21-,22?,23?,24?,25?,26?,27+,28+,29-/m1/s1. The van der Waals surface area contributed by atoms with Crippen molar-refractivity contribution in [2.75, 3.05) is 19.7 Å². The Balaban J connectivity index is 1.62. The van der Waals surface area contributed by atoms with E-state index in [-0.39, 0.29) is 18.9 Å². The number of nitrogens with two attached hydrogens (primary N) is 1. The van der Waals surface area contributed by atoms with Crippen LogP contribution in [0.5, 0.6) is 0 Å². The molecule has 3 heterocycles. The van der Waals surface area contributed by atoms with Gasteiger partial charge in [0.05, 0.1) is 12.2 Å². The molecule has 45 heavy (non-hydrogen) atoms. The van der Waals surface area contributed by atoms with Crippen LogP contribution in [0.2, 0.25) is 0 Å². The molecule has 0 aromatic rings. The lowest BCUT2D eigenvalue weighted by atomic mass is 9.98. The van der Waals surface area contributed by atoms with Crippen molar-refractivity contribution in [3.05, 3.63) is 0 Å². The first kappa shape index (κ1) is 37.8. The van der Waals surface area contributed by atoms with E-state index < -0.39 is 85.7 Å². The molecule has 3 fully saturated rings. The van der Waals surface area contributed by atoms with Crippen LogP contribution in [0.1, 0.15) is 65.2 Å². The molecule has 1 amide bonds. The van der Waals surface area contributed by atoms with Gasteiger partial charge in [0.1, 0.15) is 55.1 Å². The zero-order chi connectivity index (χ0) is 33.1. The molecule has 0 aliphatic carbocycles. The molecule has 9 unspecified atom stereocenters. The SMILES string of the molecule is CC1O[C@@H](OC2CC(C=O)O[C@@H](OCCCCCCCCC(=O)NCCN)C2O[C@@H]2OC(C)[C@@H](O)C(O)C2O)C(O)C(O)C1=O. The molecule has 13 atom stereocenters. The summed E-state index contributed by atoms with van der Waals surface area (Å²) in [7, 11) is 0. The topological polar surface area (TPSA) is 246 Å². The van der Waals surface area contributed by atoms with Crippen LogP contribution in [-0.4, -0.2) is 143 Å². The van der Waals surface area contributed by atoms with E-state index in [1.807, 2.05) is 0 Å². The second-order valence-corrected chi connectivity index (χ2v) is 11.7. The van der Waals surface area contributed by atoms with Gasteiger partial charge in [0.2, 0.25) is 5.91 Å². The predicted molar refractivity (Wildman–Crippen MR) is 153 cm³/mol. The number of Topliss-reactive ketones (excluding diaryl/α,β-unsaturated/α-hetero) is 1. The average molecular weight is 651 g/mol. The number of aldehydes is 1. The van der Waals surface area contributed by atoms with Gasteiger partial charge in [-0.05, 0) is 26.7 Å². The molecule has 3 aliphatic rings. The van der Waals surface area contributed by atoms with E-state index in [0.717, 1.165) is 32.1 Å². The summed E-state index contributed by atoms with van der Waals surface area (Å²) < 4.78 is 34.9. The minimum atomic E-state index is -1.76. The van der Waals surface area contributed by atoms with Gasteiger partial charge in [0.15, 0.2) is 24.7 Å². The highest BCUT2D eigenvalue weighted by Crippen LogP contribution is 2.32. The molecule has 16 nitrogen and oxygen atoms in total. The fraction of sp³-hybridized carbons (Fsp3) is 0.897. The number of aliphatic hydroxyl groups excluding tert-OH is 5. The quantitative estimate of drug-likeness (QED) is 0.0650. The number of carbonyl (C=O) groups excluding carboxylic acids is 3. The molecule has 16 heteroatoms. The van der Waals surface area contributed by atoms with Gasteiger partial charge < -0.3 is 69.8 Å². The summed E-state index contributed by atoms with van der Waals surface area (Å²) in [6, 6.07) is 0. The number of carbonyl (C=O) groups is 3. The van der Waals surface area contributed by atoms with Crippen LogP contribution in [0, 0.1) is 0 Å². The van der Waals surface area contributed by atoms with E-state index in [1.54, 1.807) is 0 Å². The van der Waals surface area contributed by atoms with E-state index in [4.69, 9.17) is 34.2 Å². The Bertz CT molecular complexity index is 929. The second-order valence-electron chi connectivity index (χ2n) is 11.7. The van der Waals surface area contributed by atoms with E-state index in [2.05, 4.69) is 5.32 Å². The van der Waals surface area contributed by atoms with Crippen molar-refractivity contribution in [3.8, 4) is 0 Å². The fourth-order valence-corrected chi connectivity index (χ4v) is 5.42. The summed E-state index contributed by atoms with van der Waals surface area (Å²) in [6.45, 7) is 3.95. The molecule has 0 aromatic heterocycles. The summed E-state index contributed by atoms with van der Waals surface area (Å²) in [6.07, 6.45) is -11.8. The van der Waals surface area contributed by atoms with E-state index in [1.165, 1.54) is 13.8 Å². The highest BCUT2D eigenvalue weighted by atomic mass is 16.8. The number of unbranched alkanes of at least 4 members (excludes halogenated alkanes) is 5. The zero-order valence-corrected chi connectivity index (χ0v) is 25.8. The van der Waals surface area contributed by atoms with Gasteiger partial charge in [-0.1, -0.05) is 25.7 Å². The van der Waals surface area contributed by atoms with E-state index in [9.17, 15) is 39.9 Å². The Labute approximate surface area is 262 Å². The van der Waals surface area contributed by atoms with E-state index >= 15 is 0 Å². The van der Waals surface area contributed by atoms with Crippen molar-refractivity contribution in [2.24, 2.45) is 5.73 Å². The molecule has 3 saturated heterocycles. The Morgan fingerprint density at radius 3 is 2.24 bits per heavy atom. The Morgan fingerprint density at radius 2 is 1.56 bits per heavy atom. The summed E-state index contributed by atoms with van der Waals surface area (Å²) >= 11 is 0. The maximum absolute atomic E-state index is 12.1. The largest absolute Gasteiger partial charge is 0.388 e. The van der Waals surface area contributed by atoms with Crippen LogP contribution >= 0.6 is 0 Å². The second kappa shape index (κ2) is 18.6. The Morgan fingerprint density at radius 1 is 0.889 bits per heavy atom. The number of rotatable bonds is 17. The van der Waals surface area contributed by atoms with Crippen molar-refractivity contribution < 1.29 is 68.3 Å². The first-order valence-electron chi connectivity index (χ1n) is 15.7. The van der Waals surface area contributed by atoms with E-state index in [0.29, 0.717) is 32.2 Å². The smallest absolute Gasteiger partial charge is 0.220 e. The van der Waals surface area contributed by atoms with Gasteiger partial charge in [0, 0.05) is 32.5 Å². The monoisotopic (exact) mass is 650 g/mol. The van der Waals surface area contributed by atoms with Gasteiger partial charge in [0.25, 0.3) is 0 Å². The minimum absolute atomic E-state index is 0.0101. The molecule has 0 aromatic carbocycles. The molecule has 260 valence electrons. The number of ketones is 1. The molecular weight excluding hydrogens is 600 g/mol. The Kier molecular flexibility index (Phi) is 15.6. The zero-order valence-electron chi connectivity index (χ0n) is 25.8. The van der Waals surface area contributed by atoms with Crippen molar-refractivity contribution in [3.63, 3.8) is 0 Å². The van der Waals surface area contributed by atoms with Gasteiger partial charge in [-0.3, -0.25) is 9.59 Å². The molecule has 0 radical (unpaired) electrons. The lowest BCUT2D eigenvalue weighted by molar-refractivity contribution is -0.365. The number of nitrogens with one attached hydrogen (secondary N) is 1. The molecule has 3 aliphatic heterocycles. The van der Waals surface area contributed by atoms with Gasteiger partial charge in [-0.25, -0.2) is 0 Å². The molecular formula is C29H50N2O14. The van der Waals surface area contributed by atoms with Crippen LogP contribution in [0.4, 0.5) is 0 Å². The third-order valence-corrected chi connectivity index (χ3v) is 8.15. The van der Waals surface area contributed by atoms with Crippen LogP contribution in [-0.2, 0) is 42.8 Å². The highest BCUT2D eigenvalue weighted by Gasteiger charge is 2.50. The summed E-state index contributed by atoms with van der Waals surface area (Å²) in [5.74, 6) is -0.730. The van der Waals surface area contributed by atoms with Gasteiger partial charge >= 0.3 is 0 Å². The first-order chi connectivity index (χ1) is 21.5. The Hall–Kier alpha value is -1.67. The first-order valence-corrected chi connectivity index (χ1v) is 15.7. The van der Waals surface area contributed by atoms with Gasteiger partial charge in [-0.2, -0.15) is 0 Å². The lowest BCUT2D eigenvalue weighted by Crippen LogP contribution is -2.62. The van der Waals surface area contributed by atoms with Crippen LogP contribution in [0.3, 0.4) is 0 Å². The number of hydrogen-bond acceptors (Lipinski definition) is 15. The summed E-state index contributed by atoms with van der Waals surface area (Å²) in [4.78, 5) is 35.5. The lowest BCUT2D eigenvalue weighted by Gasteiger charge is -2.46. The van der Waals surface area contributed by atoms with Crippen molar-refractivity contribution in [1.82, 2.24) is 5.32 Å². The third-order valence-electron chi connectivity index (χ3n) is 8.15. The highest BCUT2D eigenvalue weighted by molar-refractivity contribution is 5.88. The van der Waals surface area contributed by atoms with Crippen molar-refractivity contribution in [1.29, 1.82) is 0 Å². The molecule has 8 N–H and O–H groups in total. The normalized spacial score (nSPS) is 39.0. The molecule has 0 bridgehead atoms. The number of hydrogen-bond donors (Lipinski definition) is 7. The maximum atomic E-state index is 12.1. The van der Waals surface area contributed by atoms with Crippen molar-refractivity contribution in [2.45, 2.75) is 145 Å². The fourth-order valence-electron chi connectivity index (χ4n) is 5.42. The molecule has 0 saturated carbocycles. The third kappa shape index (κ3) is 10.7. The van der Waals surface area contributed by atoms with Gasteiger partial charge in [-0.15, -0.1) is 0 Å². The summed E-state index contributed by atoms with van der Waals surface area (Å²) in [5.41, 5.74) is 5.38. The predicted octanol–water partition coefficient (Wildman–Crippen LogP) is -2.24. The minimum Gasteiger partial charge on any atom is -0.388 e. The molecule has 3 rings (SSSR count). The summed E-state index contributed by atoms with van der Waals surface area (Å²) in [5, 5.41) is 54.4. The van der Waals surface area contributed by atoms with Crippen LogP contribution < -0.4 is 11.1 Å². The maximum Gasteiger partial charge on any atom is 0.220 e. The van der Waals surface area contributed by atoms with Crippen molar-refractivity contribution >= 4 is 18.0 Å². The number of amides is 1. The van der Waals surface area contributed by atoms with Crippen LogP contribution in [0.25, 0.3) is 0 Å². The molecule has 0 spiro atoms. The van der Waals surface area contributed by atoms with Crippen LogP contribution in [0.15, 0.2) is 0 Å².